The molecule has 0 aliphatic carbocycles. The Morgan fingerprint density at radius 1 is 1.04 bits per heavy atom. The Labute approximate surface area is 163 Å². The molecule has 3 nitrogen and oxygen atoms in total. The molecule has 3 aromatic rings. The van der Waals surface area contributed by atoms with Crippen molar-refractivity contribution in [2.45, 2.75) is 9.10 Å². The second kappa shape index (κ2) is 8.54. The minimum absolute atomic E-state index is 0.300. The first-order chi connectivity index (χ1) is 12.1. The van der Waals surface area contributed by atoms with Gasteiger partial charge in [-0.2, -0.15) is 5.10 Å². The van der Waals surface area contributed by atoms with Crippen LogP contribution in [0.15, 0.2) is 74.9 Å². The summed E-state index contributed by atoms with van der Waals surface area (Å²) in [6.07, 6.45) is 1.62. The van der Waals surface area contributed by atoms with Gasteiger partial charge in [0.25, 0.3) is 5.91 Å². The van der Waals surface area contributed by atoms with Crippen LogP contribution in [0.3, 0.4) is 0 Å². The van der Waals surface area contributed by atoms with Crippen LogP contribution in [0.4, 0.5) is 0 Å². The van der Waals surface area contributed by atoms with E-state index in [9.17, 15) is 4.79 Å². The minimum atomic E-state index is -0.300. The van der Waals surface area contributed by atoms with Crippen LogP contribution < -0.4 is 5.43 Å². The molecule has 1 amide bonds. The van der Waals surface area contributed by atoms with Gasteiger partial charge in [0.1, 0.15) is 0 Å². The number of nitrogens with zero attached hydrogens (tertiary/aromatic N) is 1. The van der Waals surface area contributed by atoms with E-state index < -0.39 is 0 Å². The number of carbonyl (C=O) groups excluding carboxylic acids is 1. The first-order valence-corrected chi connectivity index (χ1v) is 9.61. The van der Waals surface area contributed by atoms with E-state index in [0.29, 0.717) is 10.6 Å². The maximum Gasteiger partial charge on any atom is 0.271 e. The van der Waals surface area contributed by atoms with Crippen LogP contribution in [0.25, 0.3) is 0 Å². The highest BCUT2D eigenvalue weighted by molar-refractivity contribution is 8.01. The molecule has 0 atom stereocenters. The molecule has 0 aliphatic heterocycles. The highest BCUT2D eigenvalue weighted by atomic mass is 35.5. The molecule has 0 aliphatic rings. The third-order valence-electron chi connectivity index (χ3n) is 3.08. The molecule has 0 fully saturated rings. The number of hydrogen-bond acceptors (Lipinski definition) is 4. The van der Waals surface area contributed by atoms with E-state index in [1.807, 2.05) is 36.4 Å². The zero-order valence-electron chi connectivity index (χ0n) is 12.8. The summed E-state index contributed by atoms with van der Waals surface area (Å²) in [5, 5.41) is 5.23. The maximum absolute atomic E-state index is 12.0. The Morgan fingerprint density at radius 3 is 2.60 bits per heavy atom. The summed E-state index contributed by atoms with van der Waals surface area (Å²) in [5.41, 5.74) is 2.96. The van der Waals surface area contributed by atoms with E-state index in [4.69, 9.17) is 23.2 Å². The highest BCUT2D eigenvalue weighted by Gasteiger charge is 2.05. The molecule has 0 saturated heterocycles. The van der Waals surface area contributed by atoms with Crippen molar-refractivity contribution in [3.63, 3.8) is 0 Å². The third kappa shape index (κ3) is 5.34. The fourth-order valence-corrected chi connectivity index (χ4v) is 4.24. The second-order valence-electron chi connectivity index (χ2n) is 4.92. The first kappa shape index (κ1) is 18.0. The van der Waals surface area contributed by atoms with E-state index in [1.165, 1.54) is 0 Å². The van der Waals surface area contributed by atoms with Gasteiger partial charge in [-0.05, 0) is 54.6 Å². The zero-order chi connectivity index (χ0) is 17.6. The van der Waals surface area contributed by atoms with Crippen molar-refractivity contribution < 1.29 is 4.79 Å². The molecular formula is C18H12Cl2N2OS2. The van der Waals surface area contributed by atoms with Crippen molar-refractivity contribution in [1.29, 1.82) is 0 Å². The number of hydrazone groups is 1. The van der Waals surface area contributed by atoms with Crippen LogP contribution in [0, 0.1) is 0 Å². The molecule has 1 heterocycles. The molecular weight excluding hydrogens is 395 g/mol. The van der Waals surface area contributed by atoms with Gasteiger partial charge in [0.15, 0.2) is 0 Å². The number of hydrogen-bond donors (Lipinski definition) is 1. The van der Waals surface area contributed by atoms with E-state index in [-0.39, 0.29) is 5.91 Å². The van der Waals surface area contributed by atoms with Crippen molar-refractivity contribution in [2.75, 3.05) is 0 Å². The summed E-state index contributed by atoms with van der Waals surface area (Å²) < 4.78 is 1.13. The van der Waals surface area contributed by atoms with Crippen LogP contribution in [-0.2, 0) is 0 Å². The number of halogens is 2. The summed E-state index contributed by atoms with van der Waals surface area (Å²) >= 11 is 15.0. The maximum atomic E-state index is 12.0. The van der Waals surface area contributed by atoms with Gasteiger partial charge in [-0.15, -0.1) is 11.3 Å². The molecule has 0 radical (unpaired) electrons. The van der Waals surface area contributed by atoms with Gasteiger partial charge in [0.05, 0.1) is 10.4 Å². The van der Waals surface area contributed by atoms with Gasteiger partial charge in [-0.3, -0.25) is 4.79 Å². The largest absolute Gasteiger partial charge is 0.271 e. The van der Waals surface area contributed by atoms with Gasteiger partial charge in [0.2, 0.25) is 0 Å². The number of rotatable bonds is 5. The molecule has 7 heteroatoms. The molecule has 0 saturated carbocycles. The smallest absolute Gasteiger partial charge is 0.267 e. The monoisotopic (exact) mass is 406 g/mol. The lowest BCUT2D eigenvalue weighted by atomic mass is 10.2. The fraction of sp³-hybridized carbons (Fsp3) is 0. The van der Waals surface area contributed by atoms with Gasteiger partial charge in [-0.1, -0.05) is 41.0 Å². The van der Waals surface area contributed by atoms with Crippen molar-refractivity contribution >= 4 is 58.4 Å². The molecule has 1 N–H and O–H groups in total. The Balaban J connectivity index is 1.58. The standard InChI is InChI=1S/C18H12Cl2N2OS2/c19-13-4-6-15(7-5-13)24-17-9-8-16(25-17)11-21-22-18(23)12-2-1-3-14(20)10-12/h1-11H,(H,22,23)/b21-11-. The topological polar surface area (TPSA) is 41.5 Å². The van der Waals surface area contributed by atoms with Crippen LogP contribution in [0.5, 0.6) is 0 Å². The van der Waals surface area contributed by atoms with Crippen LogP contribution in [0.1, 0.15) is 15.2 Å². The molecule has 2 aromatic carbocycles. The van der Waals surface area contributed by atoms with Gasteiger partial charge >= 0.3 is 0 Å². The number of amides is 1. The van der Waals surface area contributed by atoms with E-state index >= 15 is 0 Å². The number of carbonyl (C=O) groups is 1. The van der Waals surface area contributed by atoms with Crippen LogP contribution >= 0.6 is 46.3 Å². The summed E-state index contributed by atoms with van der Waals surface area (Å²) in [5.74, 6) is -0.300. The molecule has 0 spiro atoms. The lowest BCUT2D eigenvalue weighted by Crippen LogP contribution is -2.17. The second-order valence-corrected chi connectivity index (χ2v) is 8.28. The van der Waals surface area contributed by atoms with Gasteiger partial charge in [-0.25, -0.2) is 5.43 Å². The predicted molar refractivity (Wildman–Crippen MR) is 106 cm³/mol. The highest BCUT2D eigenvalue weighted by Crippen LogP contribution is 2.33. The van der Waals surface area contributed by atoms with Crippen molar-refractivity contribution in [2.24, 2.45) is 5.10 Å². The number of benzene rings is 2. The van der Waals surface area contributed by atoms with Gasteiger partial charge < -0.3 is 0 Å². The molecule has 0 bridgehead atoms. The quantitative estimate of drug-likeness (QED) is 0.418. The van der Waals surface area contributed by atoms with Crippen molar-refractivity contribution in [1.82, 2.24) is 5.43 Å². The minimum Gasteiger partial charge on any atom is -0.267 e. The lowest BCUT2D eigenvalue weighted by molar-refractivity contribution is 0.0955. The summed E-state index contributed by atoms with van der Waals surface area (Å²) in [7, 11) is 0. The Morgan fingerprint density at radius 2 is 1.84 bits per heavy atom. The van der Waals surface area contributed by atoms with E-state index in [2.05, 4.69) is 10.5 Å². The summed E-state index contributed by atoms with van der Waals surface area (Å²) in [4.78, 5) is 14.0. The summed E-state index contributed by atoms with van der Waals surface area (Å²) in [6, 6.07) is 18.4. The molecule has 0 unspecified atom stereocenters. The third-order valence-corrected chi connectivity index (χ3v) is 5.73. The van der Waals surface area contributed by atoms with Gasteiger partial charge in [0, 0.05) is 25.4 Å². The summed E-state index contributed by atoms with van der Waals surface area (Å²) in [6.45, 7) is 0. The average Bonchev–Trinajstić information content (AvgIpc) is 3.04. The lowest BCUT2D eigenvalue weighted by Gasteiger charge is -1.99. The predicted octanol–water partition coefficient (Wildman–Crippen LogP) is 5.97. The normalized spacial score (nSPS) is 11.0. The van der Waals surface area contributed by atoms with Crippen molar-refractivity contribution in [3.8, 4) is 0 Å². The Hall–Kier alpha value is -1.79. The molecule has 126 valence electrons. The Bertz CT molecular complexity index is 907. The van der Waals surface area contributed by atoms with E-state index in [0.717, 1.165) is 19.0 Å². The van der Waals surface area contributed by atoms with Crippen LogP contribution in [0.2, 0.25) is 10.0 Å². The van der Waals surface area contributed by atoms with E-state index in [1.54, 1.807) is 53.6 Å². The molecule has 25 heavy (non-hydrogen) atoms. The number of thiophene rings is 1. The fourth-order valence-electron chi connectivity index (χ4n) is 1.93. The van der Waals surface area contributed by atoms with Crippen LogP contribution in [-0.4, -0.2) is 12.1 Å². The Kier molecular flexibility index (Phi) is 6.15. The van der Waals surface area contributed by atoms with Crippen molar-refractivity contribution in [3.05, 3.63) is 81.1 Å². The SMILES string of the molecule is O=C(N/N=C\c1ccc(Sc2ccc(Cl)cc2)s1)c1cccc(Cl)c1. The molecule has 1 aromatic heterocycles. The first-order valence-electron chi connectivity index (χ1n) is 7.22. The average molecular weight is 407 g/mol. The molecule has 3 rings (SSSR count). The number of nitrogens with one attached hydrogen (secondary N) is 1. The zero-order valence-corrected chi connectivity index (χ0v) is 15.9.